The van der Waals surface area contributed by atoms with Crippen LogP contribution in [0.1, 0.15) is 19.3 Å². The molecule has 0 radical (unpaired) electrons. The summed E-state index contributed by atoms with van der Waals surface area (Å²) in [5.74, 6) is 3.36. The molecule has 0 atom stereocenters. The van der Waals surface area contributed by atoms with Crippen molar-refractivity contribution in [2.45, 2.75) is 19.3 Å². The maximum Gasteiger partial charge on any atom is 0.222 e. The number of ether oxygens (including phenoxy) is 1. The summed E-state index contributed by atoms with van der Waals surface area (Å²) in [4.78, 5) is 15.5. The number of nitrogens with zero attached hydrogens (tertiary/aromatic N) is 4. The molecule has 0 amide bonds. The fourth-order valence-corrected chi connectivity index (χ4v) is 3.94. The Morgan fingerprint density at radius 3 is 2.39 bits per heavy atom. The molecule has 1 aliphatic rings. The monoisotopic (exact) mass is 438 g/mol. The van der Waals surface area contributed by atoms with Gasteiger partial charge < -0.3 is 20.7 Å². The topological polar surface area (TPSA) is 89.2 Å². The number of hydrogen-bond acceptors (Lipinski definition) is 7. The molecule has 7 heteroatoms. The molecule has 5 rings (SSSR count). The number of pyridine rings is 1. The summed E-state index contributed by atoms with van der Waals surface area (Å²) >= 11 is 0. The van der Waals surface area contributed by atoms with Gasteiger partial charge in [0.25, 0.3) is 0 Å². The summed E-state index contributed by atoms with van der Waals surface area (Å²) in [6, 6.07) is 23.4. The second kappa shape index (κ2) is 9.56. The maximum absolute atomic E-state index is 6.07. The molecule has 0 unspecified atom stereocenters. The summed E-state index contributed by atoms with van der Waals surface area (Å²) in [5.41, 5.74) is 8.57. The van der Waals surface area contributed by atoms with Gasteiger partial charge in [-0.2, -0.15) is 4.98 Å². The predicted molar refractivity (Wildman–Crippen MR) is 132 cm³/mol. The zero-order valence-corrected chi connectivity index (χ0v) is 18.3. The van der Waals surface area contributed by atoms with Crippen LogP contribution in [0.15, 0.2) is 79.0 Å². The smallest absolute Gasteiger partial charge is 0.222 e. The molecule has 4 aromatic rings. The SMILES string of the molecule is Nc1nc(Nc2ccc(Oc3ccnc(N4CCCCC4)c3)cc2)cc(-c2ccccc2)n1. The largest absolute Gasteiger partial charge is 0.457 e. The highest BCUT2D eigenvalue weighted by molar-refractivity contribution is 5.67. The number of nitrogen functional groups attached to an aromatic ring is 1. The van der Waals surface area contributed by atoms with E-state index >= 15 is 0 Å². The van der Waals surface area contributed by atoms with Crippen molar-refractivity contribution in [1.82, 2.24) is 15.0 Å². The third kappa shape index (κ3) is 5.20. The van der Waals surface area contributed by atoms with Gasteiger partial charge in [0.05, 0.1) is 5.69 Å². The number of anilines is 4. The summed E-state index contributed by atoms with van der Waals surface area (Å²) in [5, 5.41) is 3.29. The highest BCUT2D eigenvalue weighted by Gasteiger charge is 2.13. The first-order valence-corrected chi connectivity index (χ1v) is 11.2. The van der Waals surface area contributed by atoms with E-state index in [2.05, 4.69) is 25.2 Å². The zero-order chi connectivity index (χ0) is 22.5. The van der Waals surface area contributed by atoms with Crippen LogP contribution in [-0.4, -0.2) is 28.0 Å². The Bertz CT molecular complexity index is 1210. The van der Waals surface area contributed by atoms with E-state index in [4.69, 9.17) is 10.5 Å². The second-order valence-corrected chi connectivity index (χ2v) is 8.01. The van der Waals surface area contributed by atoms with Gasteiger partial charge in [0.15, 0.2) is 0 Å². The fraction of sp³-hybridized carbons (Fsp3) is 0.192. The van der Waals surface area contributed by atoms with Crippen molar-refractivity contribution < 1.29 is 4.74 Å². The van der Waals surface area contributed by atoms with Crippen LogP contribution in [0.2, 0.25) is 0 Å². The molecule has 3 heterocycles. The molecule has 2 aromatic heterocycles. The quantitative estimate of drug-likeness (QED) is 0.402. The minimum atomic E-state index is 0.223. The van der Waals surface area contributed by atoms with Crippen LogP contribution in [0, 0.1) is 0 Å². The lowest BCUT2D eigenvalue weighted by molar-refractivity contribution is 0.481. The Hall–Kier alpha value is -4.13. The van der Waals surface area contributed by atoms with Crippen LogP contribution < -0.4 is 20.7 Å². The lowest BCUT2D eigenvalue weighted by Gasteiger charge is -2.27. The Morgan fingerprint density at radius 1 is 0.818 bits per heavy atom. The molecule has 1 fully saturated rings. The van der Waals surface area contributed by atoms with Crippen LogP contribution >= 0.6 is 0 Å². The first-order chi connectivity index (χ1) is 16.2. The van der Waals surface area contributed by atoms with Gasteiger partial charge in [-0.15, -0.1) is 0 Å². The van der Waals surface area contributed by atoms with Crippen molar-refractivity contribution in [3.05, 3.63) is 79.0 Å². The van der Waals surface area contributed by atoms with Crippen molar-refractivity contribution in [2.75, 3.05) is 29.0 Å². The van der Waals surface area contributed by atoms with Crippen molar-refractivity contribution >= 4 is 23.3 Å². The Morgan fingerprint density at radius 2 is 1.61 bits per heavy atom. The van der Waals surface area contributed by atoms with Gasteiger partial charge in [0, 0.05) is 42.7 Å². The van der Waals surface area contributed by atoms with E-state index in [1.807, 2.05) is 72.8 Å². The maximum atomic E-state index is 6.07. The molecule has 1 saturated heterocycles. The molecule has 33 heavy (non-hydrogen) atoms. The zero-order valence-electron chi connectivity index (χ0n) is 18.3. The first kappa shape index (κ1) is 20.8. The van der Waals surface area contributed by atoms with E-state index < -0.39 is 0 Å². The van der Waals surface area contributed by atoms with Crippen LogP contribution in [0.25, 0.3) is 11.3 Å². The van der Waals surface area contributed by atoms with Gasteiger partial charge in [0.1, 0.15) is 23.1 Å². The number of rotatable bonds is 6. The molecule has 0 saturated carbocycles. The summed E-state index contributed by atoms with van der Waals surface area (Å²) < 4.78 is 6.07. The number of piperidine rings is 1. The van der Waals surface area contributed by atoms with E-state index in [1.54, 1.807) is 6.20 Å². The number of benzene rings is 2. The van der Waals surface area contributed by atoms with E-state index in [-0.39, 0.29) is 5.95 Å². The Labute approximate surface area is 193 Å². The van der Waals surface area contributed by atoms with Crippen molar-refractivity contribution in [3.63, 3.8) is 0 Å². The second-order valence-electron chi connectivity index (χ2n) is 8.01. The number of aromatic nitrogens is 3. The molecular formula is C26H26N6O. The molecule has 3 N–H and O–H groups in total. The van der Waals surface area contributed by atoms with E-state index in [1.165, 1.54) is 19.3 Å². The van der Waals surface area contributed by atoms with Crippen molar-refractivity contribution in [3.8, 4) is 22.8 Å². The summed E-state index contributed by atoms with van der Waals surface area (Å²) in [7, 11) is 0. The first-order valence-electron chi connectivity index (χ1n) is 11.2. The standard InChI is InChI=1S/C26H26N6O/c27-26-30-23(19-7-3-1-4-8-19)18-24(31-26)29-20-9-11-21(12-10-20)33-22-13-14-28-25(17-22)32-15-5-2-6-16-32/h1,3-4,7-14,17-18H,2,5-6,15-16H2,(H3,27,29,30,31). The minimum Gasteiger partial charge on any atom is -0.457 e. The Kier molecular flexibility index (Phi) is 6.01. The number of nitrogens with one attached hydrogen (secondary N) is 1. The average molecular weight is 439 g/mol. The van der Waals surface area contributed by atoms with Gasteiger partial charge in [0.2, 0.25) is 5.95 Å². The lowest BCUT2D eigenvalue weighted by Crippen LogP contribution is -2.30. The minimum absolute atomic E-state index is 0.223. The lowest BCUT2D eigenvalue weighted by atomic mass is 10.1. The van der Waals surface area contributed by atoms with Crippen LogP contribution in [-0.2, 0) is 0 Å². The summed E-state index contributed by atoms with van der Waals surface area (Å²) in [6.45, 7) is 2.10. The average Bonchev–Trinajstić information content (AvgIpc) is 2.86. The van der Waals surface area contributed by atoms with Crippen molar-refractivity contribution in [2.24, 2.45) is 0 Å². The number of hydrogen-bond donors (Lipinski definition) is 2. The van der Waals surface area contributed by atoms with E-state index in [9.17, 15) is 0 Å². The predicted octanol–water partition coefficient (Wildman–Crippen LogP) is 5.65. The normalized spacial score (nSPS) is 13.5. The molecule has 0 spiro atoms. The van der Waals surface area contributed by atoms with Gasteiger partial charge in [-0.1, -0.05) is 30.3 Å². The van der Waals surface area contributed by atoms with E-state index in [0.29, 0.717) is 5.82 Å². The molecular weight excluding hydrogens is 412 g/mol. The highest BCUT2D eigenvalue weighted by Crippen LogP contribution is 2.28. The molecule has 2 aromatic carbocycles. The van der Waals surface area contributed by atoms with Crippen LogP contribution in [0.5, 0.6) is 11.5 Å². The van der Waals surface area contributed by atoms with Gasteiger partial charge in [-0.25, -0.2) is 9.97 Å². The van der Waals surface area contributed by atoms with Gasteiger partial charge in [-0.05, 0) is 49.6 Å². The molecule has 166 valence electrons. The van der Waals surface area contributed by atoms with Gasteiger partial charge in [-0.3, -0.25) is 0 Å². The summed E-state index contributed by atoms with van der Waals surface area (Å²) in [6.07, 6.45) is 5.53. The number of nitrogens with two attached hydrogens (primary N) is 1. The third-order valence-corrected chi connectivity index (χ3v) is 5.57. The fourth-order valence-electron chi connectivity index (χ4n) is 3.94. The molecule has 1 aliphatic heterocycles. The molecule has 0 bridgehead atoms. The molecule has 0 aliphatic carbocycles. The van der Waals surface area contributed by atoms with E-state index in [0.717, 1.165) is 47.4 Å². The van der Waals surface area contributed by atoms with Crippen LogP contribution in [0.3, 0.4) is 0 Å². The molecule has 7 nitrogen and oxygen atoms in total. The highest BCUT2D eigenvalue weighted by atomic mass is 16.5. The Balaban J connectivity index is 1.27. The third-order valence-electron chi connectivity index (χ3n) is 5.57. The van der Waals surface area contributed by atoms with Crippen molar-refractivity contribution in [1.29, 1.82) is 0 Å². The van der Waals surface area contributed by atoms with Gasteiger partial charge >= 0.3 is 0 Å². The van der Waals surface area contributed by atoms with Crippen LogP contribution in [0.4, 0.5) is 23.3 Å².